The highest BCUT2D eigenvalue weighted by Gasteiger charge is 2.12. The molecular formula is C15H12ClN3O. The predicted molar refractivity (Wildman–Crippen MR) is 77.7 cm³/mol. The lowest BCUT2D eigenvalue weighted by Gasteiger charge is -2.03. The molecule has 3 aromatic rings. The van der Waals surface area contributed by atoms with Gasteiger partial charge in [0.1, 0.15) is 6.61 Å². The summed E-state index contributed by atoms with van der Waals surface area (Å²) in [4.78, 5) is 4.37. The monoisotopic (exact) mass is 285 g/mol. The standard InChI is InChI=1S/C15H12ClN3O/c16-12-6-8-13(9-7-12)19-14(10-20)17-15(18-19)11-4-2-1-3-5-11/h1-9,20H,10H2. The molecule has 0 aliphatic rings. The smallest absolute Gasteiger partial charge is 0.181 e. The highest BCUT2D eigenvalue weighted by molar-refractivity contribution is 6.30. The molecule has 0 spiro atoms. The third-order valence-corrected chi connectivity index (χ3v) is 3.17. The number of hydrogen-bond acceptors (Lipinski definition) is 3. The van der Waals surface area contributed by atoms with Crippen LogP contribution in [0.4, 0.5) is 0 Å². The van der Waals surface area contributed by atoms with Crippen LogP contribution in [0.1, 0.15) is 5.82 Å². The molecule has 0 atom stereocenters. The Balaban J connectivity index is 2.07. The first kappa shape index (κ1) is 12.8. The first-order valence-electron chi connectivity index (χ1n) is 6.16. The van der Waals surface area contributed by atoms with Crippen molar-refractivity contribution in [2.24, 2.45) is 0 Å². The second-order valence-electron chi connectivity index (χ2n) is 4.26. The van der Waals surface area contributed by atoms with Gasteiger partial charge in [-0.3, -0.25) is 0 Å². The molecule has 0 saturated carbocycles. The van der Waals surface area contributed by atoms with Crippen LogP contribution in [0, 0.1) is 0 Å². The summed E-state index contributed by atoms with van der Waals surface area (Å²) in [6, 6.07) is 16.9. The topological polar surface area (TPSA) is 50.9 Å². The van der Waals surface area contributed by atoms with Gasteiger partial charge in [0, 0.05) is 10.6 Å². The van der Waals surface area contributed by atoms with Gasteiger partial charge >= 0.3 is 0 Å². The Morgan fingerprint density at radius 1 is 1.00 bits per heavy atom. The molecule has 0 saturated heterocycles. The van der Waals surface area contributed by atoms with Gasteiger partial charge in [0.15, 0.2) is 11.6 Å². The molecular weight excluding hydrogens is 274 g/mol. The SMILES string of the molecule is OCc1nc(-c2ccccc2)nn1-c1ccc(Cl)cc1. The van der Waals surface area contributed by atoms with E-state index in [9.17, 15) is 5.11 Å². The van der Waals surface area contributed by atoms with Crippen molar-refractivity contribution >= 4 is 11.6 Å². The van der Waals surface area contributed by atoms with Gasteiger partial charge < -0.3 is 5.11 Å². The van der Waals surface area contributed by atoms with Gasteiger partial charge in [-0.1, -0.05) is 41.9 Å². The van der Waals surface area contributed by atoms with Gasteiger partial charge in [-0.2, -0.15) is 0 Å². The Morgan fingerprint density at radius 2 is 1.70 bits per heavy atom. The fourth-order valence-electron chi connectivity index (χ4n) is 1.95. The number of nitrogens with zero attached hydrogens (tertiary/aromatic N) is 3. The van der Waals surface area contributed by atoms with Gasteiger partial charge in [0.2, 0.25) is 0 Å². The summed E-state index contributed by atoms with van der Waals surface area (Å²) in [5, 5.41) is 14.6. The molecule has 0 aliphatic heterocycles. The first-order chi connectivity index (χ1) is 9.78. The third-order valence-electron chi connectivity index (χ3n) is 2.92. The van der Waals surface area contributed by atoms with Gasteiger partial charge in [0.05, 0.1) is 5.69 Å². The van der Waals surface area contributed by atoms with E-state index < -0.39 is 0 Å². The molecule has 0 radical (unpaired) electrons. The largest absolute Gasteiger partial charge is 0.388 e. The van der Waals surface area contributed by atoms with Crippen LogP contribution in [0.15, 0.2) is 54.6 Å². The van der Waals surface area contributed by atoms with Gasteiger partial charge in [0.25, 0.3) is 0 Å². The number of aliphatic hydroxyl groups excluding tert-OH is 1. The molecule has 2 aromatic carbocycles. The number of hydrogen-bond donors (Lipinski definition) is 1. The zero-order chi connectivity index (χ0) is 13.9. The number of aliphatic hydroxyl groups is 1. The molecule has 20 heavy (non-hydrogen) atoms. The minimum Gasteiger partial charge on any atom is -0.388 e. The van der Waals surface area contributed by atoms with E-state index in [4.69, 9.17) is 11.6 Å². The van der Waals surface area contributed by atoms with E-state index in [1.807, 2.05) is 42.5 Å². The minimum absolute atomic E-state index is 0.178. The Bertz CT molecular complexity index is 708. The second-order valence-corrected chi connectivity index (χ2v) is 4.70. The maximum atomic E-state index is 9.45. The molecule has 1 N–H and O–H groups in total. The summed E-state index contributed by atoms with van der Waals surface area (Å²) in [5.74, 6) is 1.08. The van der Waals surface area contributed by atoms with Crippen LogP contribution in [0.3, 0.4) is 0 Å². The van der Waals surface area contributed by atoms with E-state index >= 15 is 0 Å². The molecule has 0 fully saturated rings. The maximum absolute atomic E-state index is 9.45. The fourth-order valence-corrected chi connectivity index (χ4v) is 2.07. The van der Waals surface area contributed by atoms with E-state index in [0.29, 0.717) is 16.7 Å². The molecule has 1 heterocycles. The summed E-state index contributed by atoms with van der Waals surface area (Å²) < 4.78 is 1.62. The quantitative estimate of drug-likeness (QED) is 0.804. The number of rotatable bonds is 3. The molecule has 0 bridgehead atoms. The lowest BCUT2D eigenvalue weighted by atomic mass is 10.2. The Hall–Kier alpha value is -2.17. The average molecular weight is 286 g/mol. The van der Waals surface area contributed by atoms with Crippen molar-refractivity contribution in [2.75, 3.05) is 0 Å². The summed E-state index contributed by atoms with van der Waals surface area (Å²) >= 11 is 5.88. The highest BCUT2D eigenvalue weighted by atomic mass is 35.5. The van der Waals surface area contributed by atoms with Crippen molar-refractivity contribution in [3.05, 3.63) is 65.4 Å². The van der Waals surface area contributed by atoms with Crippen LogP contribution in [0.25, 0.3) is 17.1 Å². The molecule has 4 nitrogen and oxygen atoms in total. The molecule has 5 heteroatoms. The Morgan fingerprint density at radius 3 is 2.35 bits per heavy atom. The molecule has 1 aromatic heterocycles. The Labute approximate surface area is 121 Å². The highest BCUT2D eigenvalue weighted by Crippen LogP contribution is 2.19. The van der Waals surface area contributed by atoms with Crippen LogP contribution >= 0.6 is 11.6 Å². The van der Waals surface area contributed by atoms with Crippen LogP contribution in [0.2, 0.25) is 5.02 Å². The fraction of sp³-hybridized carbons (Fsp3) is 0.0667. The Kier molecular flexibility index (Phi) is 3.50. The molecule has 0 amide bonds. The zero-order valence-corrected chi connectivity index (χ0v) is 11.3. The van der Waals surface area contributed by atoms with Crippen LogP contribution in [0.5, 0.6) is 0 Å². The minimum atomic E-state index is -0.178. The third kappa shape index (κ3) is 2.43. The second kappa shape index (κ2) is 5.45. The van der Waals surface area contributed by atoms with E-state index in [-0.39, 0.29) is 6.61 Å². The van der Waals surface area contributed by atoms with E-state index in [0.717, 1.165) is 11.3 Å². The van der Waals surface area contributed by atoms with Gasteiger partial charge in [-0.15, -0.1) is 5.10 Å². The van der Waals surface area contributed by atoms with Crippen LogP contribution in [-0.4, -0.2) is 19.9 Å². The van der Waals surface area contributed by atoms with Gasteiger partial charge in [-0.25, -0.2) is 9.67 Å². The van der Waals surface area contributed by atoms with Crippen molar-refractivity contribution in [3.63, 3.8) is 0 Å². The van der Waals surface area contributed by atoms with E-state index in [1.165, 1.54) is 0 Å². The summed E-state index contributed by atoms with van der Waals surface area (Å²) in [7, 11) is 0. The van der Waals surface area contributed by atoms with Crippen molar-refractivity contribution in [3.8, 4) is 17.1 Å². The zero-order valence-electron chi connectivity index (χ0n) is 10.6. The van der Waals surface area contributed by atoms with Crippen molar-refractivity contribution in [1.82, 2.24) is 14.8 Å². The normalized spacial score (nSPS) is 10.7. The van der Waals surface area contributed by atoms with Crippen molar-refractivity contribution in [2.45, 2.75) is 6.61 Å². The molecule has 100 valence electrons. The maximum Gasteiger partial charge on any atom is 0.181 e. The number of aromatic nitrogens is 3. The predicted octanol–water partition coefficient (Wildman–Crippen LogP) is 3.08. The summed E-state index contributed by atoms with van der Waals surface area (Å²) in [6.07, 6.45) is 0. The molecule has 0 unspecified atom stereocenters. The molecule has 0 aliphatic carbocycles. The summed E-state index contributed by atoms with van der Waals surface area (Å²) in [6.45, 7) is -0.178. The van der Waals surface area contributed by atoms with Crippen LogP contribution in [-0.2, 0) is 6.61 Å². The van der Waals surface area contributed by atoms with E-state index in [1.54, 1.807) is 16.8 Å². The van der Waals surface area contributed by atoms with E-state index in [2.05, 4.69) is 10.1 Å². The van der Waals surface area contributed by atoms with Gasteiger partial charge in [-0.05, 0) is 24.3 Å². The van der Waals surface area contributed by atoms with Crippen molar-refractivity contribution < 1.29 is 5.11 Å². The summed E-state index contributed by atoms with van der Waals surface area (Å²) in [5.41, 5.74) is 1.73. The number of benzene rings is 2. The van der Waals surface area contributed by atoms with Crippen molar-refractivity contribution in [1.29, 1.82) is 0 Å². The number of halogens is 1. The molecule has 3 rings (SSSR count). The lowest BCUT2D eigenvalue weighted by Crippen LogP contribution is -2.02. The lowest BCUT2D eigenvalue weighted by molar-refractivity contribution is 0.268. The van der Waals surface area contributed by atoms with Crippen LogP contribution < -0.4 is 0 Å². The average Bonchev–Trinajstić information content (AvgIpc) is 2.93. The first-order valence-corrected chi connectivity index (χ1v) is 6.54.